The van der Waals surface area contributed by atoms with Crippen LogP contribution >= 0.6 is 15.9 Å². The van der Waals surface area contributed by atoms with Crippen LogP contribution in [0.25, 0.3) is 0 Å². The first-order chi connectivity index (χ1) is 8.67. The molecule has 0 aliphatic heterocycles. The van der Waals surface area contributed by atoms with Gasteiger partial charge in [-0.25, -0.2) is 9.97 Å². The summed E-state index contributed by atoms with van der Waals surface area (Å²) in [6, 6.07) is 0.459. The van der Waals surface area contributed by atoms with Crippen molar-refractivity contribution in [2.75, 3.05) is 11.4 Å². The average molecular weight is 316 g/mol. The zero-order valence-corrected chi connectivity index (χ0v) is 12.9. The van der Waals surface area contributed by atoms with Gasteiger partial charge in [-0.15, -0.1) is 0 Å². The first-order valence-corrected chi connectivity index (χ1v) is 7.36. The van der Waals surface area contributed by atoms with Crippen LogP contribution in [-0.4, -0.2) is 27.7 Å². The lowest BCUT2D eigenvalue weighted by molar-refractivity contribution is 0.276. The van der Waals surface area contributed by atoms with Gasteiger partial charge in [0.15, 0.2) is 5.82 Å². The summed E-state index contributed by atoms with van der Waals surface area (Å²) in [7, 11) is 0. The molecule has 0 radical (unpaired) electrons. The number of rotatable bonds is 7. The molecule has 1 rings (SSSR count). The topological polar surface area (TPSA) is 49.2 Å². The third kappa shape index (κ3) is 3.65. The Balaban J connectivity index is 3.06. The monoisotopic (exact) mass is 315 g/mol. The molecule has 1 atom stereocenters. The number of aliphatic hydroxyl groups excluding tert-OH is 1. The van der Waals surface area contributed by atoms with E-state index in [-0.39, 0.29) is 6.61 Å². The van der Waals surface area contributed by atoms with Crippen molar-refractivity contribution in [3.05, 3.63) is 16.5 Å². The Bertz CT molecular complexity index is 373. The minimum absolute atomic E-state index is 0.0825. The molecule has 1 heterocycles. The van der Waals surface area contributed by atoms with E-state index in [1.807, 2.05) is 0 Å². The number of halogens is 1. The minimum atomic E-state index is -0.0825. The van der Waals surface area contributed by atoms with Crippen LogP contribution < -0.4 is 4.90 Å². The second kappa shape index (κ2) is 7.69. The minimum Gasteiger partial charge on any atom is -0.390 e. The molecular weight excluding hydrogens is 294 g/mol. The smallest absolute Gasteiger partial charge is 0.153 e. The molecule has 1 unspecified atom stereocenters. The van der Waals surface area contributed by atoms with Crippen LogP contribution in [0.3, 0.4) is 0 Å². The fourth-order valence-electron chi connectivity index (χ4n) is 2.24. The molecule has 0 spiro atoms. The lowest BCUT2D eigenvalue weighted by atomic mass is 10.1. The van der Waals surface area contributed by atoms with E-state index in [1.165, 1.54) is 0 Å². The Morgan fingerprint density at radius 1 is 1.39 bits per heavy atom. The van der Waals surface area contributed by atoms with E-state index in [1.54, 1.807) is 6.20 Å². The average Bonchev–Trinajstić information content (AvgIpc) is 2.39. The third-order valence-corrected chi connectivity index (χ3v) is 3.47. The molecule has 0 fully saturated rings. The number of hydrogen-bond acceptors (Lipinski definition) is 4. The number of aliphatic hydroxyl groups is 1. The highest BCUT2D eigenvalue weighted by molar-refractivity contribution is 9.10. The molecule has 0 aliphatic carbocycles. The predicted molar refractivity (Wildman–Crippen MR) is 77.7 cm³/mol. The molecule has 0 amide bonds. The van der Waals surface area contributed by atoms with Crippen LogP contribution in [0.15, 0.2) is 10.8 Å². The highest BCUT2D eigenvalue weighted by Gasteiger charge is 2.19. The third-order valence-electron chi connectivity index (χ3n) is 3.09. The molecule has 0 saturated carbocycles. The molecule has 18 heavy (non-hydrogen) atoms. The molecule has 4 nitrogen and oxygen atoms in total. The molecule has 1 N–H and O–H groups in total. The Morgan fingerprint density at radius 2 is 2.11 bits per heavy atom. The van der Waals surface area contributed by atoms with Crippen molar-refractivity contribution in [3.63, 3.8) is 0 Å². The largest absolute Gasteiger partial charge is 0.390 e. The van der Waals surface area contributed by atoms with Gasteiger partial charge < -0.3 is 10.0 Å². The molecule has 102 valence electrons. The standard InChI is InChI=1S/C13H22BrN3O/c1-4-7-10(5-2)17(6-3)13-11(9-18)16-12(14)8-15-13/h8,10,18H,4-7,9H2,1-3H3. The molecule has 1 aromatic rings. The van der Waals surface area contributed by atoms with E-state index in [0.29, 0.717) is 16.3 Å². The van der Waals surface area contributed by atoms with E-state index < -0.39 is 0 Å². The van der Waals surface area contributed by atoms with Gasteiger partial charge in [-0.3, -0.25) is 0 Å². The van der Waals surface area contributed by atoms with Crippen molar-refractivity contribution in [3.8, 4) is 0 Å². The van der Waals surface area contributed by atoms with Gasteiger partial charge in [0, 0.05) is 12.6 Å². The molecular formula is C13H22BrN3O. The van der Waals surface area contributed by atoms with Crippen molar-refractivity contribution >= 4 is 21.7 Å². The van der Waals surface area contributed by atoms with Gasteiger partial charge in [0.25, 0.3) is 0 Å². The van der Waals surface area contributed by atoms with Crippen molar-refractivity contribution in [1.29, 1.82) is 0 Å². The van der Waals surface area contributed by atoms with Gasteiger partial charge >= 0.3 is 0 Å². The Hall–Kier alpha value is -0.680. The molecule has 0 saturated heterocycles. The summed E-state index contributed by atoms with van der Waals surface area (Å²) in [5, 5.41) is 9.42. The first kappa shape index (κ1) is 15.4. The van der Waals surface area contributed by atoms with E-state index in [4.69, 9.17) is 0 Å². The predicted octanol–water partition coefficient (Wildman–Crippen LogP) is 3.14. The zero-order valence-electron chi connectivity index (χ0n) is 11.4. The fourth-order valence-corrected chi connectivity index (χ4v) is 2.55. The molecule has 0 aromatic carbocycles. The zero-order chi connectivity index (χ0) is 13.5. The quantitative estimate of drug-likeness (QED) is 0.839. The van der Waals surface area contributed by atoms with Crippen molar-refractivity contribution in [2.24, 2.45) is 0 Å². The lowest BCUT2D eigenvalue weighted by Crippen LogP contribution is -2.36. The molecule has 0 aliphatic rings. The van der Waals surface area contributed by atoms with Crippen molar-refractivity contribution in [1.82, 2.24) is 9.97 Å². The van der Waals surface area contributed by atoms with Gasteiger partial charge in [-0.1, -0.05) is 20.3 Å². The maximum atomic E-state index is 9.42. The Kier molecular flexibility index (Phi) is 6.57. The van der Waals surface area contributed by atoms with Gasteiger partial charge in [0.1, 0.15) is 10.3 Å². The second-order valence-corrected chi connectivity index (χ2v) is 5.07. The summed E-state index contributed by atoms with van der Waals surface area (Å²) in [5.41, 5.74) is 0.640. The summed E-state index contributed by atoms with van der Waals surface area (Å²) in [4.78, 5) is 11.0. The van der Waals surface area contributed by atoms with E-state index >= 15 is 0 Å². The van der Waals surface area contributed by atoms with Crippen LogP contribution in [0.2, 0.25) is 0 Å². The van der Waals surface area contributed by atoms with Gasteiger partial charge in [0.05, 0.1) is 12.8 Å². The van der Waals surface area contributed by atoms with Gasteiger partial charge in [0.2, 0.25) is 0 Å². The first-order valence-electron chi connectivity index (χ1n) is 6.56. The Morgan fingerprint density at radius 3 is 2.61 bits per heavy atom. The van der Waals surface area contributed by atoms with Crippen LogP contribution in [-0.2, 0) is 6.61 Å². The number of aromatic nitrogens is 2. The fraction of sp³-hybridized carbons (Fsp3) is 0.692. The maximum Gasteiger partial charge on any atom is 0.153 e. The lowest BCUT2D eigenvalue weighted by Gasteiger charge is -2.32. The van der Waals surface area contributed by atoms with Crippen molar-refractivity contribution < 1.29 is 5.11 Å². The maximum absolute atomic E-state index is 9.42. The highest BCUT2D eigenvalue weighted by Crippen LogP contribution is 2.23. The van der Waals surface area contributed by atoms with E-state index in [9.17, 15) is 5.11 Å². The second-order valence-electron chi connectivity index (χ2n) is 4.26. The van der Waals surface area contributed by atoms with Crippen LogP contribution in [0.5, 0.6) is 0 Å². The summed E-state index contributed by atoms with van der Waals surface area (Å²) in [5.74, 6) is 0.809. The van der Waals surface area contributed by atoms with Gasteiger partial charge in [-0.05, 0) is 35.7 Å². The SMILES string of the molecule is CCCC(CC)N(CC)c1ncc(Br)nc1CO. The number of nitrogens with zero attached hydrogens (tertiary/aromatic N) is 3. The van der Waals surface area contributed by atoms with E-state index in [2.05, 4.69) is 51.6 Å². The van der Waals surface area contributed by atoms with Gasteiger partial charge in [-0.2, -0.15) is 0 Å². The number of hydrogen-bond donors (Lipinski definition) is 1. The molecule has 5 heteroatoms. The highest BCUT2D eigenvalue weighted by atomic mass is 79.9. The van der Waals surface area contributed by atoms with E-state index in [0.717, 1.165) is 31.6 Å². The van der Waals surface area contributed by atoms with Crippen molar-refractivity contribution in [2.45, 2.75) is 52.7 Å². The molecule has 0 bridgehead atoms. The van der Waals surface area contributed by atoms with Crippen LogP contribution in [0.4, 0.5) is 5.82 Å². The molecule has 1 aromatic heterocycles. The summed E-state index contributed by atoms with van der Waals surface area (Å²) in [6.07, 6.45) is 5.04. The Labute approximate surface area is 118 Å². The number of anilines is 1. The summed E-state index contributed by atoms with van der Waals surface area (Å²) >= 11 is 3.29. The normalized spacial score (nSPS) is 12.5. The summed E-state index contributed by atoms with van der Waals surface area (Å²) in [6.45, 7) is 7.29. The van der Waals surface area contributed by atoms with Crippen LogP contribution in [0, 0.1) is 0 Å². The van der Waals surface area contributed by atoms with Crippen LogP contribution in [0.1, 0.15) is 45.7 Å². The summed E-state index contributed by atoms with van der Waals surface area (Å²) < 4.78 is 0.662.